The van der Waals surface area contributed by atoms with E-state index >= 15 is 0 Å². The Balaban J connectivity index is 1.78. The van der Waals surface area contributed by atoms with Gasteiger partial charge in [0.15, 0.2) is 0 Å². The van der Waals surface area contributed by atoms with Gasteiger partial charge >= 0.3 is 12.2 Å². The first-order valence-corrected chi connectivity index (χ1v) is 9.05. The number of carbonyl (C=O) groups is 3. The van der Waals surface area contributed by atoms with Crippen molar-refractivity contribution in [3.05, 3.63) is 35.9 Å². The van der Waals surface area contributed by atoms with Crippen LogP contribution in [0.3, 0.4) is 0 Å². The smallest absolute Gasteiger partial charge is 0.412 e. The number of alkyl carbamates (subject to hydrolysis) is 2. The number of piperidine rings is 1. The maximum absolute atomic E-state index is 12.4. The number of carbonyl (C=O) groups excluding carboxylic acids is 3. The molecule has 1 fully saturated rings. The van der Waals surface area contributed by atoms with Crippen molar-refractivity contribution in [2.24, 2.45) is 5.10 Å². The fourth-order valence-corrected chi connectivity index (χ4v) is 2.47. The minimum Gasteiger partial charge on any atom is -0.444 e. The zero-order valence-electron chi connectivity index (χ0n) is 16.3. The molecule has 0 aliphatic carbocycles. The highest BCUT2D eigenvalue weighted by atomic mass is 16.6. The molecule has 2 N–H and O–H groups in total. The first-order valence-electron chi connectivity index (χ1n) is 9.05. The van der Waals surface area contributed by atoms with Gasteiger partial charge in [0.1, 0.15) is 24.6 Å². The van der Waals surface area contributed by atoms with Gasteiger partial charge in [0.25, 0.3) is 5.91 Å². The lowest BCUT2D eigenvalue weighted by Gasteiger charge is -2.29. The summed E-state index contributed by atoms with van der Waals surface area (Å²) in [5.41, 5.74) is 0.209. The first kappa shape index (κ1) is 21.2. The van der Waals surface area contributed by atoms with Crippen LogP contribution in [0.15, 0.2) is 35.4 Å². The lowest BCUT2D eigenvalue weighted by atomic mass is 10.1. The van der Waals surface area contributed by atoms with Gasteiger partial charge in [0.2, 0.25) is 0 Å². The molecule has 0 radical (unpaired) electrons. The van der Waals surface area contributed by atoms with Crippen LogP contribution in [0.1, 0.15) is 39.2 Å². The molecule has 9 nitrogen and oxygen atoms in total. The second-order valence-corrected chi connectivity index (χ2v) is 7.25. The number of hydrazone groups is 1. The van der Waals surface area contributed by atoms with E-state index in [-0.39, 0.29) is 12.5 Å². The Labute approximate surface area is 164 Å². The van der Waals surface area contributed by atoms with Gasteiger partial charge < -0.3 is 14.8 Å². The summed E-state index contributed by atoms with van der Waals surface area (Å²) in [6.07, 6.45) is 0.916. The summed E-state index contributed by atoms with van der Waals surface area (Å²) >= 11 is 0. The lowest BCUT2D eigenvalue weighted by molar-refractivity contribution is -0.135. The van der Waals surface area contributed by atoms with Crippen molar-refractivity contribution < 1.29 is 23.9 Å². The maximum Gasteiger partial charge on any atom is 0.412 e. The molecule has 3 amide bonds. The molecule has 1 atom stereocenters. The monoisotopic (exact) mass is 390 g/mol. The Hall–Kier alpha value is -3.10. The SMILES string of the molecule is CC(C)(C)OC(=O)N[C@H]1CCCN(N=CNC(=O)OCc2ccccc2)C1=O. The summed E-state index contributed by atoms with van der Waals surface area (Å²) in [5, 5.41) is 10.0. The molecule has 1 saturated heterocycles. The van der Waals surface area contributed by atoms with E-state index in [0.717, 1.165) is 11.9 Å². The summed E-state index contributed by atoms with van der Waals surface area (Å²) in [6.45, 7) is 5.75. The van der Waals surface area contributed by atoms with Crippen molar-refractivity contribution in [1.29, 1.82) is 0 Å². The first-order chi connectivity index (χ1) is 13.2. The van der Waals surface area contributed by atoms with Crippen LogP contribution in [0.4, 0.5) is 9.59 Å². The number of rotatable bonds is 5. The molecule has 0 aromatic heterocycles. The molecule has 2 rings (SSSR count). The van der Waals surface area contributed by atoms with Gasteiger partial charge in [-0.2, -0.15) is 5.10 Å². The Bertz CT molecular complexity index is 715. The largest absolute Gasteiger partial charge is 0.444 e. The van der Waals surface area contributed by atoms with Gasteiger partial charge in [-0.15, -0.1) is 0 Å². The van der Waals surface area contributed by atoms with E-state index in [2.05, 4.69) is 15.7 Å². The van der Waals surface area contributed by atoms with Crippen LogP contribution in [0.5, 0.6) is 0 Å². The highest BCUT2D eigenvalue weighted by Gasteiger charge is 2.31. The summed E-state index contributed by atoms with van der Waals surface area (Å²) in [7, 11) is 0. The number of ether oxygens (including phenoxy) is 2. The molecule has 0 saturated carbocycles. The summed E-state index contributed by atoms with van der Waals surface area (Å²) < 4.78 is 10.2. The molecule has 1 aromatic rings. The molecule has 1 aliphatic rings. The predicted octanol–water partition coefficient (Wildman–Crippen LogP) is 2.37. The van der Waals surface area contributed by atoms with Gasteiger partial charge in [-0.25, -0.2) is 14.6 Å². The number of nitrogens with one attached hydrogen (secondary N) is 2. The third-order valence-electron chi connectivity index (χ3n) is 3.70. The van der Waals surface area contributed by atoms with E-state index in [4.69, 9.17) is 9.47 Å². The molecule has 1 heterocycles. The highest BCUT2D eigenvalue weighted by molar-refractivity contribution is 5.87. The van der Waals surface area contributed by atoms with E-state index in [1.54, 1.807) is 20.8 Å². The van der Waals surface area contributed by atoms with Crippen LogP contribution in [-0.4, -0.2) is 47.6 Å². The molecule has 9 heteroatoms. The van der Waals surface area contributed by atoms with E-state index < -0.39 is 23.8 Å². The molecule has 1 aromatic carbocycles. The lowest BCUT2D eigenvalue weighted by Crippen LogP contribution is -2.51. The van der Waals surface area contributed by atoms with Crippen LogP contribution in [0.2, 0.25) is 0 Å². The van der Waals surface area contributed by atoms with Crippen molar-refractivity contribution in [3.63, 3.8) is 0 Å². The molecule has 0 unspecified atom stereocenters. The zero-order chi connectivity index (χ0) is 20.6. The van der Waals surface area contributed by atoms with Crippen LogP contribution < -0.4 is 10.6 Å². The quantitative estimate of drug-likeness (QED) is 0.593. The maximum atomic E-state index is 12.4. The number of benzene rings is 1. The van der Waals surface area contributed by atoms with Crippen molar-refractivity contribution in [2.45, 2.75) is 51.9 Å². The topological polar surface area (TPSA) is 109 Å². The van der Waals surface area contributed by atoms with E-state index in [1.807, 2.05) is 30.3 Å². The van der Waals surface area contributed by atoms with Crippen LogP contribution >= 0.6 is 0 Å². The Kier molecular flexibility index (Phi) is 7.36. The number of amides is 3. The average molecular weight is 390 g/mol. The van der Waals surface area contributed by atoms with Gasteiger partial charge in [-0.1, -0.05) is 30.3 Å². The van der Waals surface area contributed by atoms with Crippen LogP contribution in [-0.2, 0) is 20.9 Å². The van der Waals surface area contributed by atoms with Crippen molar-refractivity contribution in [3.8, 4) is 0 Å². The van der Waals surface area contributed by atoms with E-state index in [0.29, 0.717) is 19.4 Å². The predicted molar refractivity (Wildman–Crippen MR) is 102 cm³/mol. The minimum atomic E-state index is -0.717. The summed E-state index contributed by atoms with van der Waals surface area (Å²) in [5.74, 6) is -0.368. The second kappa shape index (κ2) is 9.72. The number of hydrogen-bond donors (Lipinski definition) is 2. The molecular weight excluding hydrogens is 364 g/mol. The van der Waals surface area contributed by atoms with Crippen LogP contribution in [0.25, 0.3) is 0 Å². The molecule has 28 heavy (non-hydrogen) atoms. The van der Waals surface area contributed by atoms with Gasteiger partial charge in [-0.3, -0.25) is 10.1 Å². The standard InChI is InChI=1S/C19H26N4O5/c1-19(2,3)28-18(26)22-15-10-7-11-23(16(15)24)21-13-20-17(25)27-12-14-8-5-4-6-9-14/h4-6,8-9,13,15H,7,10-12H2,1-3H3,(H,22,26)(H,20,21,25)/t15-/m0/s1. The van der Waals surface area contributed by atoms with E-state index in [1.165, 1.54) is 5.01 Å². The van der Waals surface area contributed by atoms with Gasteiger partial charge in [-0.05, 0) is 39.2 Å². The zero-order valence-corrected chi connectivity index (χ0v) is 16.3. The Morgan fingerprint density at radius 1 is 1.25 bits per heavy atom. The van der Waals surface area contributed by atoms with Crippen molar-refractivity contribution >= 4 is 24.4 Å². The molecule has 1 aliphatic heterocycles. The summed E-state index contributed by atoms with van der Waals surface area (Å²) in [6, 6.07) is 8.53. The Morgan fingerprint density at radius 3 is 2.64 bits per heavy atom. The minimum absolute atomic E-state index is 0.130. The highest BCUT2D eigenvalue weighted by Crippen LogP contribution is 2.13. The molecule has 0 bridgehead atoms. The fraction of sp³-hybridized carbons (Fsp3) is 0.474. The summed E-state index contributed by atoms with van der Waals surface area (Å²) in [4.78, 5) is 35.9. The average Bonchev–Trinajstić information content (AvgIpc) is 2.62. The van der Waals surface area contributed by atoms with Gasteiger partial charge in [0, 0.05) is 6.54 Å². The second-order valence-electron chi connectivity index (χ2n) is 7.25. The molecule has 152 valence electrons. The molecule has 0 spiro atoms. The van der Waals surface area contributed by atoms with Crippen LogP contribution in [0, 0.1) is 0 Å². The molecular formula is C19H26N4O5. The third kappa shape index (κ3) is 7.26. The van der Waals surface area contributed by atoms with E-state index in [9.17, 15) is 14.4 Å². The third-order valence-corrected chi connectivity index (χ3v) is 3.70. The Morgan fingerprint density at radius 2 is 1.96 bits per heavy atom. The van der Waals surface area contributed by atoms with Crippen molar-refractivity contribution in [2.75, 3.05) is 6.54 Å². The fourth-order valence-electron chi connectivity index (χ4n) is 2.47. The number of nitrogens with zero attached hydrogens (tertiary/aromatic N) is 2. The number of hydrogen-bond acceptors (Lipinski definition) is 6. The van der Waals surface area contributed by atoms with Crippen molar-refractivity contribution in [1.82, 2.24) is 15.6 Å². The normalized spacial score (nSPS) is 17.3. The van der Waals surface area contributed by atoms with Gasteiger partial charge in [0.05, 0.1) is 0 Å².